The van der Waals surface area contributed by atoms with E-state index in [0.29, 0.717) is 11.8 Å². The zero-order valence-corrected chi connectivity index (χ0v) is 20.7. The lowest BCUT2D eigenvalue weighted by Gasteiger charge is -2.15. The molecule has 32 heavy (non-hydrogen) atoms. The molecule has 0 radical (unpaired) electrons. The molecule has 0 nitrogen and oxygen atoms in total. The fraction of sp³-hybridized carbons (Fsp3) is 0.200. The first-order valence-corrected chi connectivity index (χ1v) is 11.7. The number of hydrogen-bond acceptors (Lipinski definition) is 0. The summed E-state index contributed by atoms with van der Waals surface area (Å²) in [5, 5.41) is 1.61. The van der Waals surface area contributed by atoms with E-state index >= 15 is 0 Å². The van der Waals surface area contributed by atoms with Crippen LogP contribution in [0.5, 0.6) is 0 Å². The average molecular weight is 461 g/mol. The highest BCUT2D eigenvalue weighted by atomic mass is 35.5. The first kappa shape index (κ1) is 24.1. The van der Waals surface area contributed by atoms with Gasteiger partial charge >= 0.3 is 0 Å². The average Bonchev–Trinajstić information content (AvgIpc) is 2.80. The van der Waals surface area contributed by atoms with Gasteiger partial charge in [0.2, 0.25) is 0 Å². The van der Waals surface area contributed by atoms with Crippen LogP contribution in [0.1, 0.15) is 59.1 Å². The molecular formula is C30H30Cl2. The third kappa shape index (κ3) is 6.25. The number of hydrogen-bond donors (Lipinski definition) is 0. The zero-order chi connectivity index (χ0) is 23.1. The number of halogens is 2. The number of aryl methyl sites for hydroxylation is 2. The Morgan fingerprint density at radius 3 is 1.16 bits per heavy atom. The Bertz CT molecular complexity index is 1040. The van der Waals surface area contributed by atoms with Gasteiger partial charge in [0.1, 0.15) is 0 Å². The molecule has 4 aromatic rings. The topological polar surface area (TPSA) is 0 Å². The van der Waals surface area contributed by atoms with Crippen LogP contribution in [-0.4, -0.2) is 0 Å². The van der Waals surface area contributed by atoms with Crippen molar-refractivity contribution in [3.05, 3.63) is 140 Å². The second-order valence-electron chi connectivity index (χ2n) is 8.27. The van der Waals surface area contributed by atoms with Crippen LogP contribution < -0.4 is 0 Å². The van der Waals surface area contributed by atoms with Crippen LogP contribution in [0.4, 0.5) is 0 Å². The molecule has 0 bridgehead atoms. The normalized spacial score (nSPS) is 12.4. The Morgan fingerprint density at radius 1 is 0.500 bits per heavy atom. The van der Waals surface area contributed by atoms with Gasteiger partial charge in [0, 0.05) is 21.9 Å². The summed E-state index contributed by atoms with van der Waals surface area (Å²) in [6.07, 6.45) is 0. The summed E-state index contributed by atoms with van der Waals surface area (Å²) >= 11 is 11.9. The first-order chi connectivity index (χ1) is 15.4. The molecule has 0 unspecified atom stereocenters. The van der Waals surface area contributed by atoms with Gasteiger partial charge in [-0.3, -0.25) is 0 Å². The monoisotopic (exact) mass is 460 g/mol. The minimum absolute atomic E-state index is 0.415. The van der Waals surface area contributed by atoms with Gasteiger partial charge in [-0.2, -0.15) is 0 Å². The maximum atomic E-state index is 5.97. The fourth-order valence-corrected chi connectivity index (χ4v) is 4.55. The van der Waals surface area contributed by atoms with Crippen molar-refractivity contribution in [3.8, 4) is 0 Å². The molecule has 0 heterocycles. The van der Waals surface area contributed by atoms with Gasteiger partial charge in [-0.1, -0.05) is 110 Å². The molecule has 0 aliphatic carbocycles. The third-order valence-electron chi connectivity index (χ3n) is 6.00. The lowest BCUT2D eigenvalue weighted by molar-refractivity contribution is 0.910. The van der Waals surface area contributed by atoms with Crippen molar-refractivity contribution in [1.82, 2.24) is 0 Å². The molecule has 0 saturated carbocycles. The summed E-state index contributed by atoms with van der Waals surface area (Å²) in [7, 11) is 0. The van der Waals surface area contributed by atoms with Crippen LogP contribution in [0, 0.1) is 13.8 Å². The van der Waals surface area contributed by atoms with Crippen LogP contribution in [0.3, 0.4) is 0 Å². The molecule has 4 aromatic carbocycles. The molecule has 4 rings (SSSR count). The summed E-state index contributed by atoms with van der Waals surface area (Å²) in [5.74, 6) is 0.830. The van der Waals surface area contributed by atoms with Crippen LogP contribution in [0.25, 0.3) is 0 Å². The molecule has 2 heteroatoms. The van der Waals surface area contributed by atoms with E-state index in [2.05, 4.69) is 88.4 Å². The van der Waals surface area contributed by atoms with Crippen molar-refractivity contribution < 1.29 is 0 Å². The van der Waals surface area contributed by atoms with E-state index in [1.165, 1.54) is 33.4 Å². The first-order valence-electron chi connectivity index (χ1n) is 11.0. The quantitative estimate of drug-likeness (QED) is 0.284. The van der Waals surface area contributed by atoms with Crippen molar-refractivity contribution in [2.45, 2.75) is 39.5 Å². The molecule has 0 fully saturated rings. The summed E-state index contributed by atoms with van der Waals surface area (Å²) in [6, 6.07) is 33.3. The van der Waals surface area contributed by atoms with Gasteiger partial charge < -0.3 is 0 Å². The van der Waals surface area contributed by atoms with E-state index < -0.39 is 0 Å². The molecule has 0 aliphatic rings. The molecule has 0 aromatic heterocycles. The molecule has 0 saturated heterocycles. The Kier molecular flexibility index (Phi) is 8.56. The van der Waals surface area contributed by atoms with Crippen molar-refractivity contribution in [2.75, 3.05) is 0 Å². The number of rotatable bonds is 4. The van der Waals surface area contributed by atoms with E-state index in [0.717, 1.165) is 10.0 Å². The van der Waals surface area contributed by atoms with Crippen molar-refractivity contribution in [3.63, 3.8) is 0 Å². The van der Waals surface area contributed by atoms with Crippen molar-refractivity contribution >= 4 is 23.2 Å². The molecule has 0 N–H and O–H groups in total. The van der Waals surface area contributed by atoms with E-state index in [-0.39, 0.29) is 0 Å². The minimum Gasteiger partial charge on any atom is -0.0843 e. The van der Waals surface area contributed by atoms with Crippen molar-refractivity contribution in [1.29, 1.82) is 0 Å². The van der Waals surface area contributed by atoms with E-state index in [4.69, 9.17) is 23.2 Å². The predicted molar refractivity (Wildman–Crippen MR) is 140 cm³/mol. The van der Waals surface area contributed by atoms with Crippen LogP contribution in [0.15, 0.2) is 97.1 Å². The van der Waals surface area contributed by atoms with Crippen LogP contribution in [-0.2, 0) is 0 Å². The Hall–Kier alpha value is -2.54. The third-order valence-corrected chi connectivity index (χ3v) is 6.47. The Balaban J connectivity index is 0.000000181. The maximum absolute atomic E-state index is 5.97. The number of benzene rings is 4. The molecule has 2 atom stereocenters. The van der Waals surface area contributed by atoms with Gasteiger partial charge in [-0.25, -0.2) is 0 Å². The summed E-state index contributed by atoms with van der Waals surface area (Å²) in [4.78, 5) is 0. The van der Waals surface area contributed by atoms with Crippen molar-refractivity contribution in [2.24, 2.45) is 0 Å². The highest BCUT2D eigenvalue weighted by molar-refractivity contribution is 6.30. The lowest BCUT2D eigenvalue weighted by atomic mass is 9.90. The molecule has 0 aliphatic heterocycles. The maximum Gasteiger partial charge on any atom is 0.0408 e. The molecule has 0 amide bonds. The molecular weight excluding hydrogens is 431 g/mol. The van der Waals surface area contributed by atoms with Gasteiger partial charge in [0.05, 0.1) is 0 Å². The Labute approximate surface area is 202 Å². The van der Waals surface area contributed by atoms with Crippen LogP contribution >= 0.6 is 23.2 Å². The SMILES string of the molecule is Cc1cc(Cl)ccc1[C@@H](C)c1ccccc1.Cc1cc(Cl)ccc1[C@@H](C)c1ccccc1. The molecule has 0 spiro atoms. The van der Waals surface area contributed by atoms with Gasteiger partial charge in [0.25, 0.3) is 0 Å². The van der Waals surface area contributed by atoms with E-state index in [1.54, 1.807) is 0 Å². The standard InChI is InChI=1S/2C15H15Cl/c2*1-11-10-14(16)8-9-15(11)12(2)13-6-4-3-5-7-13/h2*3-10,12H,1-2H3/t2*12-/m00/s1. The Morgan fingerprint density at radius 2 is 0.844 bits per heavy atom. The lowest BCUT2D eigenvalue weighted by Crippen LogP contribution is -1.98. The molecule has 164 valence electrons. The largest absolute Gasteiger partial charge is 0.0843 e. The van der Waals surface area contributed by atoms with E-state index in [1.807, 2.05) is 36.4 Å². The summed E-state index contributed by atoms with van der Waals surface area (Å²) in [6.45, 7) is 8.68. The van der Waals surface area contributed by atoms with Gasteiger partial charge in [-0.15, -0.1) is 0 Å². The zero-order valence-electron chi connectivity index (χ0n) is 19.1. The predicted octanol–water partition coefficient (Wildman–Crippen LogP) is 9.60. The highest BCUT2D eigenvalue weighted by Gasteiger charge is 2.11. The van der Waals surface area contributed by atoms with E-state index in [9.17, 15) is 0 Å². The smallest absolute Gasteiger partial charge is 0.0408 e. The van der Waals surface area contributed by atoms with Gasteiger partial charge in [0.15, 0.2) is 0 Å². The second-order valence-corrected chi connectivity index (χ2v) is 9.14. The van der Waals surface area contributed by atoms with Gasteiger partial charge in [-0.05, 0) is 71.5 Å². The fourth-order valence-electron chi connectivity index (χ4n) is 4.09. The second kappa shape index (κ2) is 11.4. The van der Waals surface area contributed by atoms with Crippen LogP contribution in [0.2, 0.25) is 10.0 Å². The highest BCUT2D eigenvalue weighted by Crippen LogP contribution is 2.29. The summed E-state index contributed by atoms with van der Waals surface area (Å²) < 4.78 is 0. The minimum atomic E-state index is 0.415. The summed E-state index contributed by atoms with van der Waals surface area (Å²) in [5.41, 5.74) is 7.87.